The van der Waals surface area contributed by atoms with E-state index in [1.807, 2.05) is 0 Å². The van der Waals surface area contributed by atoms with Gasteiger partial charge in [0.15, 0.2) is 0 Å². The van der Waals surface area contributed by atoms with E-state index in [-0.39, 0.29) is 16.9 Å². The molecule has 1 aliphatic carbocycles. The molecule has 0 N–H and O–H groups in total. The molecule has 1 saturated carbocycles. The minimum atomic E-state index is -3.25. The molecule has 4 nitrogen and oxygen atoms in total. The maximum absolute atomic E-state index is 12.3. The lowest BCUT2D eigenvalue weighted by atomic mass is 9.65. The number of rotatable bonds is 2. The van der Waals surface area contributed by atoms with E-state index in [4.69, 9.17) is 0 Å². The highest BCUT2D eigenvalue weighted by atomic mass is 32.2. The average molecular weight is 260 g/mol. The zero-order chi connectivity index (χ0) is 13.1. The second kappa shape index (κ2) is 3.68. The number of hydrogen-bond acceptors (Lipinski definition) is 2. The van der Waals surface area contributed by atoms with Gasteiger partial charge >= 0.3 is 0 Å². The van der Waals surface area contributed by atoms with Gasteiger partial charge in [0.05, 0.1) is 0 Å². The van der Waals surface area contributed by atoms with Gasteiger partial charge in [-0.05, 0) is 30.1 Å². The van der Waals surface area contributed by atoms with Gasteiger partial charge in [-0.15, -0.1) is 0 Å². The Bertz CT molecular complexity index is 416. The van der Waals surface area contributed by atoms with E-state index in [0.29, 0.717) is 6.54 Å². The highest BCUT2D eigenvalue weighted by molar-refractivity contribution is 7.86. The van der Waals surface area contributed by atoms with Crippen molar-refractivity contribution in [3.05, 3.63) is 0 Å². The Labute approximate surface area is 105 Å². The van der Waals surface area contributed by atoms with Crippen LogP contribution < -0.4 is 0 Å². The van der Waals surface area contributed by atoms with E-state index >= 15 is 0 Å². The summed E-state index contributed by atoms with van der Waals surface area (Å²) < 4.78 is 27.6. The molecule has 0 amide bonds. The smallest absolute Gasteiger partial charge is 0.195 e. The van der Waals surface area contributed by atoms with Gasteiger partial charge in [-0.25, -0.2) is 0 Å². The molecule has 1 heterocycles. The molecule has 0 unspecified atom stereocenters. The molecule has 17 heavy (non-hydrogen) atoms. The maximum atomic E-state index is 12.3. The van der Waals surface area contributed by atoms with Gasteiger partial charge in [-0.3, -0.25) is 0 Å². The Morgan fingerprint density at radius 2 is 1.76 bits per heavy atom. The normalized spacial score (nSPS) is 37.6. The summed E-state index contributed by atoms with van der Waals surface area (Å²) in [5.74, 6) is 0. The molecule has 2 rings (SSSR count). The summed E-state index contributed by atoms with van der Waals surface area (Å²) in [6.45, 7) is 7.42. The summed E-state index contributed by atoms with van der Waals surface area (Å²) in [7, 11) is -0.0201. The van der Waals surface area contributed by atoms with Gasteiger partial charge in [-0.2, -0.15) is 17.0 Å². The van der Waals surface area contributed by atoms with Gasteiger partial charge in [0.1, 0.15) is 0 Å². The molecule has 0 aromatic heterocycles. The number of nitrogens with zero attached hydrogens (tertiary/aromatic N) is 2. The quantitative estimate of drug-likeness (QED) is 0.758. The molecule has 2 fully saturated rings. The van der Waals surface area contributed by atoms with Gasteiger partial charge in [0.2, 0.25) is 0 Å². The molecule has 0 spiro atoms. The molecule has 100 valence electrons. The van der Waals surface area contributed by atoms with Gasteiger partial charge in [-0.1, -0.05) is 20.8 Å². The first-order chi connectivity index (χ1) is 7.56. The van der Waals surface area contributed by atoms with Crippen molar-refractivity contribution in [2.45, 2.75) is 46.1 Å². The SMILES string of the molecule is CN(C)S(=O)(=O)N1C[C@@]2(C)C[C@@H]1CC(C)(C)C2. The van der Waals surface area contributed by atoms with Crippen molar-refractivity contribution in [1.29, 1.82) is 0 Å². The van der Waals surface area contributed by atoms with E-state index in [9.17, 15) is 8.42 Å². The Kier molecular flexibility index (Phi) is 2.88. The first-order valence-corrected chi connectivity index (χ1v) is 7.65. The fourth-order valence-electron chi connectivity index (χ4n) is 3.89. The molecular formula is C12H24N2O2S. The molecule has 0 aromatic rings. The van der Waals surface area contributed by atoms with E-state index in [1.54, 1.807) is 18.4 Å². The highest BCUT2D eigenvalue weighted by Gasteiger charge is 2.53. The number of fused-ring (bicyclic) bond motifs is 2. The van der Waals surface area contributed by atoms with Crippen LogP contribution in [0.3, 0.4) is 0 Å². The summed E-state index contributed by atoms with van der Waals surface area (Å²) in [4.78, 5) is 0. The zero-order valence-corrected chi connectivity index (χ0v) is 12.3. The van der Waals surface area contributed by atoms with Crippen molar-refractivity contribution >= 4 is 10.2 Å². The van der Waals surface area contributed by atoms with Gasteiger partial charge < -0.3 is 0 Å². The van der Waals surface area contributed by atoms with E-state index in [1.165, 1.54) is 4.31 Å². The van der Waals surface area contributed by atoms with Crippen molar-refractivity contribution in [1.82, 2.24) is 8.61 Å². The predicted octanol–water partition coefficient (Wildman–Crippen LogP) is 1.69. The fraction of sp³-hybridized carbons (Fsp3) is 1.00. The second-order valence-corrected chi connectivity index (χ2v) is 9.14. The summed E-state index contributed by atoms with van der Waals surface area (Å²) in [5, 5.41) is 0. The molecule has 0 aromatic carbocycles. The largest absolute Gasteiger partial charge is 0.281 e. The molecular weight excluding hydrogens is 236 g/mol. The lowest BCUT2D eigenvalue weighted by Crippen LogP contribution is -2.43. The Morgan fingerprint density at radius 3 is 2.29 bits per heavy atom. The lowest BCUT2D eigenvalue weighted by molar-refractivity contribution is 0.133. The van der Waals surface area contributed by atoms with Crippen molar-refractivity contribution < 1.29 is 8.42 Å². The molecule has 2 bridgehead atoms. The molecule has 0 radical (unpaired) electrons. The third-order valence-electron chi connectivity index (χ3n) is 4.12. The molecule has 2 atom stereocenters. The maximum Gasteiger partial charge on any atom is 0.281 e. The highest BCUT2D eigenvalue weighted by Crippen LogP contribution is 2.53. The van der Waals surface area contributed by atoms with Crippen LogP contribution in [0, 0.1) is 10.8 Å². The third kappa shape index (κ3) is 2.25. The first kappa shape index (κ1) is 13.3. The van der Waals surface area contributed by atoms with Crippen LogP contribution in [0.25, 0.3) is 0 Å². The number of hydrogen-bond donors (Lipinski definition) is 0. The summed E-state index contributed by atoms with van der Waals surface area (Å²) in [5.41, 5.74) is 0.420. The van der Waals surface area contributed by atoms with Crippen molar-refractivity contribution in [3.63, 3.8) is 0 Å². The first-order valence-electron chi connectivity index (χ1n) is 6.25. The minimum Gasteiger partial charge on any atom is -0.195 e. The Hall–Kier alpha value is -0.130. The fourth-order valence-corrected chi connectivity index (χ4v) is 5.31. The van der Waals surface area contributed by atoms with E-state index < -0.39 is 10.2 Å². The van der Waals surface area contributed by atoms with Crippen LogP contribution in [-0.4, -0.2) is 43.7 Å². The average Bonchev–Trinajstić information content (AvgIpc) is 2.34. The van der Waals surface area contributed by atoms with Crippen LogP contribution in [0.4, 0.5) is 0 Å². The molecule has 1 aliphatic heterocycles. The minimum absolute atomic E-state index is 0.162. The van der Waals surface area contributed by atoms with Crippen LogP contribution in [-0.2, 0) is 10.2 Å². The Morgan fingerprint density at radius 1 is 1.18 bits per heavy atom. The van der Waals surface area contributed by atoms with E-state index in [2.05, 4.69) is 20.8 Å². The third-order valence-corrected chi connectivity index (χ3v) is 6.07. The summed E-state index contributed by atoms with van der Waals surface area (Å²) in [6, 6.07) is 0.191. The van der Waals surface area contributed by atoms with E-state index in [0.717, 1.165) is 19.3 Å². The molecule has 1 saturated heterocycles. The summed E-state index contributed by atoms with van der Waals surface area (Å²) in [6.07, 6.45) is 3.12. The van der Waals surface area contributed by atoms with Crippen LogP contribution in [0.2, 0.25) is 0 Å². The van der Waals surface area contributed by atoms with Crippen LogP contribution in [0.5, 0.6) is 0 Å². The van der Waals surface area contributed by atoms with Crippen LogP contribution >= 0.6 is 0 Å². The molecule has 2 aliphatic rings. The van der Waals surface area contributed by atoms with Gasteiger partial charge in [0, 0.05) is 26.7 Å². The van der Waals surface area contributed by atoms with Crippen molar-refractivity contribution in [2.75, 3.05) is 20.6 Å². The van der Waals surface area contributed by atoms with Gasteiger partial charge in [0.25, 0.3) is 10.2 Å². The van der Waals surface area contributed by atoms with Crippen molar-refractivity contribution in [3.8, 4) is 0 Å². The second-order valence-electron chi connectivity index (χ2n) is 7.05. The lowest BCUT2D eigenvalue weighted by Gasteiger charge is -2.39. The topological polar surface area (TPSA) is 40.6 Å². The van der Waals surface area contributed by atoms with Crippen LogP contribution in [0.1, 0.15) is 40.0 Å². The van der Waals surface area contributed by atoms with Crippen LogP contribution in [0.15, 0.2) is 0 Å². The summed E-state index contributed by atoms with van der Waals surface area (Å²) >= 11 is 0. The zero-order valence-electron chi connectivity index (χ0n) is 11.5. The van der Waals surface area contributed by atoms with Crippen molar-refractivity contribution in [2.24, 2.45) is 10.8 Å². The predicted molar refractivity (Wildman–Crippen MR) is 68.8 cm³/mol. The standard InChI is InChI=1S/C12H24N2O2S/c1-11(2)6-10-7-12(3,8-11)9-14(10)17(15,16)13(4)5/h10H,6-9H2,1-5H3/t10-,12-/m0/s1. The molecule has 5 heteroatoms. The Balaban J connectivity index is 2.31. The monoisotopic (exact) mass is 260 g/mol.